The molecule has 18 heavy (non-hydrogen) atoms. The third-order valence-corrected chi connectivity index (χ3v) is 3.93. The third-order valence-electron chi connectivity index (χ3n) is 3.14. The quantitative estimate of drug-likeness (QED) is 0.833. The summed E-state index contributed by atoms with van der Waals surface area (Å²) in [5, 5.41) is 2.99. The number of amides is 2. The second kappa shape index (κ2) is 6.11. The Morgan fingerprint density at radius 1 is 1.22 bits per heavy atom. The van der Waals surface area contributed by atoms with Crippen LogP contribution in [-0.4, -0.2) is 55.3 Å². The van der Waals surface area contributed by atoms with Crippen molar-refractivity contribution in [2.75, 3.05) is 44.8 Å². The number of hydrogen-bond donors (Lipinski definition) is 1. The molecule has 1 aliphatic rings. The molecule has 1 N–H and O–H groups in total. The van der Waals surface area contributed by atoms with Gasteiger partial charge in [-0.05, 0) is 25.4 Å². The number of para-hydroxylation sites is 1. The molecule has 0 bridgehead atoms. The lowest BCUT2D eigenvalue weighted by Crippen LogP contribution is -2.48. The van der Waals surface area contributed by atoms with Crippen LogP contribution in [0.15, 0.2) is 29.2 Å². The van der Waals surface area contributed by atoms with E-state index in [-0.39, 0.29) is 6.03 Å². The second-order valence-electron chi connectivity index (χ2n) is 4.42. The Labute approximate surface area is 112 Å². The Hall–Kier alpha value is -1.20. The molecular formula is C13H19N3OS. The molecule has 0 unspecified atom stereocenters. The number of rotatable bonds is 2. The Kier molecular flexibility index (Phi) is 4.49. The van der Waals surface area contributed by atoms with Crippen molar-refractivity contribution < 1.29 is 4.79 Å². The maximum atomic E-state index is 12.1. The van der Waals surface area contributed by atoms with Gasteiger partial charge in [-0.2, -0.15) is 0 Å². The molecule has 0 saturated carbocycles. The minimum atomic E-state index is 0.00426. The molecule has 98 valence electrons. The zero-order chi connectivity index (χ0) is 13.0. The molecule has 1 heterocycles. The molecule has 1 aromatic carbocycles. The highest BCUT2D eigenvalue weighted by molar-refractivity contribution is 7.98. The van der Waals surface area contributed by atoms with Crippen LogP contribution in [0.3, 0.4) is 0 Å². The van der Waals surface area contributed by atoms with E-state index in [0.29, 0.717) is 0 Å². The van der Waals surface area contributed by atoms with Gasteiger partial charge in [-0.3, -0.25) is 0 Å². The van der Waals surface area contributed by atoms with Gasteiger partial charge in [0.1, 0.15) is 0 Å². The number of anilines is 1. The lowest BCUT2D eigenvalue weighted by atomic mass is 10.3. The van der Waals surface area contributed by atoms with Gasteiger partial charge in [0.2, 0.25) is 0 Å². The van der Waals surface area contributed by atoms with Crippen molar-refractivity contribution in [2.24, 2.45) is 0 Å². The summed E-state index contributed by atoms with van der Waals surface area (Å²) in [5.74, 6) is 0. The molecule has 0 aromatic heterocycles. The molecule has 0 aliphatic carbocycles. The number of urea groups is 1. The largest absolute Gasteiger partial charge is 0.322 e. The van der Waals surface area contributed by atoms with Gasteiger partial charge < -0.3 is 15.1 Å². The molecule has 1 aliphatic heterocycles. The van der Waals surface area contributed by atoms with Gasteiger partial charge in [0.25, 0.3) is 0 Å². The third kappa shape index (κ3) is 3.17. The summed E-state index contributed by atoms with van der Waals surface area (Å²) < 4.78 is 0. The topological polar surface area (TPSA) is 35.6 Å². The van der Waals surface area contributed by atoms with Crippen LogP contribution in [0.4, 0.5) is 10.5 Å². The molecular weight excluding hydrogens is 246 g/mol. The fourth-order valence-corrected chi connectivity index (χ4v) is 2.51. The van der Waals surface area contributed by atoms with Crippen LogP contribution in [0, 0.1) is 0 Å². The van der Waals surface area contributed by atoms with Crippen molar-refractivity contribution in [3.8, 4) is 0 Å². The number of nitrogens with zero attached hydrogens (tertiary/aromatic N) is 2. The standard InChI is InChI=1S/C13H19N3OS/c1-15-7-9-16(10-8-15)13(17)14-11-5-3-4-6-12(11)18-2/h3-6H,7-10H2,1-2H3,(H,14,17). The Balaban J connectivity index is 1.98. The van der Waals surface area contributed by atoms with E-state index in [1.807, 2.05) is 35.4 Å². The van der Waals surface area contributed by atoms with Crippen molar-refractivity contribution >= 4 is 23.5 Å². The van der Waals surface area contributed by atoms with Crippen LogP contribution < -0.4 is 5.32 Å². The lowest BCUT2D eigenvalue weighted by Gasteiger charge is -2.32. The number of carbonyl (C=O) groups excluding carboxylic acids is 1. The number of likely N-dealkylation sites (N-methyl/N-ethyl adjacent to an activating group) is 1. The fraction of sp³-hybridized carbons (Fsp3) is 0.462. The molecule has 1 fully saturated rings. The Morgan fingerprint density at radius 3 is 2.56 bits per heavy atom. The first-order chi connectivity index (χ1) is 8.70. The first-order valence-corrected chi connectivity index (χ1v) is 7.30. The molecule has 0 spiro atoms. The summed E-state index contributed by atoms with van der Waals surface area (Å²) in [7, 11) is 2.08. The fourth-order valence-electron chi connectivity index (χ4n) is 1.95. The number of nitrogens with one attached hydrogen (secondary N) is 1. The maximum absolute atomic E-state index is 12.1. The summed E-state index contributed by atoms with van der Waals surface area (Å²) in [6, 6.07) is 7.89. The second-order valence-corrected chi connectivity index (χ2v) is 5.27. The number of benzene rings is 1. The van der Waals surface area contributed by atoms with Crippen molar-refractivity contribution in [1.29, 1.82) is 0 Å². The van der Waals surface area contributed by atoms with E-state index < -0.39 is 0 Å². The minimum Gasteiger partial charge on any atom is -0.322 e. The highest BCUT2D eigenvalue weighted by Crippen LogP contribution is 2.24. The van der Waals surface area contributed by atoms with E-state index in [1.165, 1.54) is 0 Å². The molecule has 2 rings (SSSR count). The van der Waals surface area contributed by atoms with Crippen LogP contribution in [0.5, 0.6) is 0 Å². The average Bonchev–Trinajstić information content (AvgIpc) is 2.40. The molecule has 1 saturated heterocycles. The summed E-state index contributed by atoms with van der Waals surface area (Å²) in [5.41, 5.74) is 0.897. The van der Waals surface area contributed by atoms with Gasteiger partial charge in [-0.15, -0.1) is 11.8 Å². The number of hydrogen-bond acceptors (Lipinski definition) is 3. The smallest absolute Gasteiger partial charge is 0.321 e. The molecule has 0 atom stereocenters. The highest BCUT2D eigenvalue weighted by atomic mass is 32.2. The maximum Gasteiger partial charge on any atom is 0.321 e. The van der Waals surface area contributed by atoms with Crippen LogP contribution in [0.1, 0.15) is 0 Å². The number of carbonyl (C=O) groups is 1. The molecule has 2 amide bonds. The Morgan fingerprint density at radius 2 is 1.89 bits per heavy atom. The van der Waals surface area contributed by atoms with E-state index in [9.17, 15) is 4.79 Å². The predicted octanol–water partition coefficient (Wildman–Crippen LogP) is 2.19. The Bertz CT molecular complexity index is 416. The van der Waals surface area contributed by atoms with Gasteiger partial charge in [0, 0.05) is 31.1 Å². The van der Waals surface area contributed by atoms with Gasteiger partial charge in [0.05, 0.1) is 5.69 Å². The summed E-state index contributed by atoms with van der Waals surface area (Å²) in [6.45, 7) is 3.47. The molecule has 4 nitrogen and oxygen atoms in total. The van der Waals surface area contributed by atoms with E-state index in [0.717, 1.165) is 36.8 Å². The van der Waals surface area contributed by atoms with E-state index in [4.69, 9.17) is 0 Å². The van der Waals surface area contributed by atoms with Crippen molar-refractivity contribution in [3.63, 3.8) is 0 Å². The van der Waals surface area contributed by atoms with Crippen LogP contribution in [0.25, 0.3) is 0 Å². The first kappa shape index (κ1) is 13.2. The van der Waals surface area contributed by atoms with Crippen molar-refractivity contribution in [2.45, 2.75) is 4.90 Å². The minimum absolute atomic E-state index is 0.00426. The van der Waals surface area contributed by atoms with Crippen molar-refractivity contribution in [1.82, 2.24) is 9.80 Å². The van der Waals surface area contributed by atoms with Crippen LogP contribution in [0.2, 0.25) is 0 Å². The number of thioether (sulfide) groups is 1. The average molecular weight is 265 g/mol. The lowest BCUT2D eigenvalue weighted by molar-refractivity contribution is 0.164. The van der Waals surface area contributed by atoms with Crippen LogP contribution in [-0.2, 0) is 0 Å². The van der Waals surface area contributed by atoms with Gasteiger partial charge in [0.15, 0.2) is 0 Å². The first-order valence-electron chi connectivity index (χ1n) is 6.08. The highest BCUT2D eigenvalue weighted by Gasteiger charge is 2.19. The zero-order valence-electron chi connectivity index (χ0n) is 10.8. The van der Waals surface area contributed by atoms with E-state index >= 15 is 0 Å². The van der Waals surface area contributed by atoms with Gasteiger partial charge >= 0.3 is 6.03 Å². The summed E-state index contributed by atoms with van der Waals surface area (Å²) >= 11 is 1.64. The summed E-state index contributed by atoms with van der Waals surface area (Å²) in [4.78, 5) is 17.3. The normalized spacial score (nSPS) is 16.7. The summed E-state index contributed by atoms with van der Waals surface area (Å²) in [6.07, 6.45) is 2.01. The molecule has 5 heteroatoms. The van der Waals surface area contributed by atoms with Gasteiger partial charge in [-0.1, -0.05) is 12.1 Å². The van der Waals surface area contributed by atoms with Crippen molar-refractivity contribution in [3.05, 3.63) is 24.3 Å². The van der Waals surface area contributed by atoms with Crippen LogP contribution >= 0.6 is 11.8 Å². The monoisotopic (exact) mass is 265 g/mol. The predicted molar refractivity (Wildman–Crippen MR) is 76.3 cm³/mol. The zero-order valence-corrected chi connectivity index (χ0v) is 11.7. The van der Waals surface area contributed by atoms with Gasteiger partial charge in [-0.25, -0.2) is 4.79 Å². The van der Waals surface area contributed by atoms with E-state index in [2.05, 4.69) is 17.3 Å². The number of piperazine rings is 1. The molecule has 0 radical (unpaired) electrons. The SMILES string of the molecule is CSc1ccccc1NC(=O)N1CCN(C)CC1. The van der Waals surface area contributed by atoms with E-state index in [1.54, 1.807) is 11.8 Å². The molecule has 1 aromatic rings.